The SMILES string of the molecule is CCCCNc1ccc(C(=O)OCCOCCOC(c2ccccc2)(c2ccccc2)c2ccccc2)cc1. The Kier molecular flexibility index (Phi) is 10.7. The highest BCUT2D eigenvalue weighted by atomic mass is 16.6. The third-order valence-corrected chi connectivity index (χ3v) is 6.53. The molecule has 0 aliphatic heterocycles. The summed E-state index contributed by atoms with van der Waals surface area (Å²) in [5, 5.41) is 3.34. The van der Waals surface area contributed by atoms with Gasteiger partial charge in [-0.15, -0.1) is 0 Å². The standard InChI is InChI=1S/C34H37NO4/c1-2-3-23-35-32-21-19-28(20-22-32)33(36)38-26-24-37-25-27-39-34(29-13-7-4-8-14-29,30-15-9-5-10-16-30)31-17-11-6-12-18-31/h4-22,35H,2-3,23-27H2,1H3. The fourth-order valence-electron chi connectivity index (χ4n) is 4.53. The monoisotopic (exact) mass is 523 g/mol. The van der Waals surface area contributed by atoms with E-state index in [-0.39, 0.29) is 12.6 Å². The van der Waals surface area contributed by atoms with Crippen LogP contribution in [0.1, 0.15) is 46.8 Å². The number of hydrogen-bond acceptors (Lipinski definition) is 5. The van der Waals surface area contributed by atoms with Crippen LogP contribution in [0.4, 0.5) is 5.69 Å². The van der Waals surface area contributed by atoms with Gasteiger partial charge in [0.05, 0.1) is 25.4 Å². The van der Waals surface area contributed by atoms with E-state index in [4.69, 9.17) is 14.2 Å². The third-order valence-electron chi connectivity index (χ3n) is 6.53. The first-order valence-electron chi connectivity index (χ1n) is 13.6. The Morgan fingerprint density at radius 1 is 0.667 bits per heavy atom. The lowest BCUT2D eigenvalue weighted by atomic mass is 9.80. The molecule has 0 spiro atoms. The van der Waals surface area contributed by atoms with E-state index < -0.39 is 5.60 Å². The van der Waals surface area contributed by atoms with Crippen molar-refractivity contribution in [2.75, 3.05) is 38.3 Å². The van der Waals surface area contributed by atoms with Gasteiger partial charge in [0.2, 0.25) is 0 Å². The first kappa shape index (κ1) is 28.1. The van der Waals surface area contributed by atoms with Gasteiger partial charge in [-0.2, -0.15) is 0 Å². The molecule has 0 aliphatic carbocycles. The lowest BCUT2D eigenvalue weighted by molar-refractivity contribution is -0.0306. The molecule has 0 atom stereocenters. The van der Waals surface area contributed by atoms with E-state index in [1.807, 2.05) is 66.7 Å². The number of hydrogen-bond donors (Lipinski definition) is 1. The second-order valence-electron chi connectivity index (χ2n) is 9.23. The number of benzene rings is 4. The van der Waals surface area contributed by atoms with Crippen molar-refractivity contribution in [3.8, 4) is 0 Å². The minimum absolute atomic E-state index is 0.177. The first-order valence-corrected chi connectivity index (χ1v) is 13.6. The number of rotatable bonds is 15. The van der Waals surface area contributed by atoms with Crippen LogP contribution in [0.2, 0.25) is 0 Å². The highest BCUT2D eigenvalue weighted by molar-refractivity contribution is 5.89. The number of carbonyl (C=O) groups excluding carboxylic acids is 1. The summed E-state index contributed by atoms with van der Waals surface area (Å²) in [6.45, 7) is 4.27. The van der Waals surface area contributed by atoms with Crippen LogP contribution in [0, 0.1) is 0 Å². The molecule has 0 amide bonds. The van der Waals surface area contributed by atoms with Crippen molar-refractivity contribution >= 4 is 11.7 Å². The van der Waals surface area contributed by atoms with Crippen LogP contribution in [0.15, 0.2) is 115 Å². The largest absolute Gasteiger partial charge is 0.460 e. The summed E-state index contributed by atoms with van der Waals surface area (Å²) in [5.41, 5.74) is 3.88. The van der Waals surface area contributed by atoms with Gasteiger partial charge in [-0.1, -0.05) is 104 Å². The molecule has 0 heterocycles. The van der Waals surface area contributed by atoms with Gasteiger partial charge in [-0.25, -0.2) is 4.79 Å². The minimum Gasteiger partial charge on any atom is -0.460 e. The molecular weight excluding hydrogens is 486 g/mol. The topological polar surface area (TPSA) is 56.8 Å². The Hall–Kier alpha value is -3.93. The van der Waals surface area contributed by atoms with Crippen LogP contribution in [-0.2, 0) is 19.8 Å². The smallest absolute Gasteiger partial charge is 0.338 e. The van der Waals surface area contributed by atoms with Gasteiger partial charge in [0.25, 0.3) is 0 Å². The lowest BCUT2D eigenvalue weighted by Crippen LogP contribution is -2.34. The van der Waals surface area contributed by atoms with Crippen molar-refractivity contribution in [2.24, 2.45) is 0 Å². The van der Waals surface area contributed by atoms with Gasteiger partial charge in [0.15, 0.2) is 0 Å². The van der Waals surface area contributed by atoms with E-state index in [1.165, 1.54) is 0 Å². The predicted molar refractivity (Wildman–Crippen MR) is 156 cm³/mol. The molecule has 0 radical (unpaired) electrons. The van der Waals surface area contributed by atoms with Crippen LogP contribution in [0.3, 0.4) is 0 Å². The molecule has 202 valence electrons. The maximum Gasteiger partial charge on any atom is 0.338 e. The molecule has 0 aromatic heterocycles. The number of unbranched alkanes of at least 4 members (excludes halogenated alkanes) is 1. The molecule has 0 aliphatic rings. The number of ether oxygens (including phenoxy) is 3. The summed E-state index contributed by atoms with van der Waals surface area (Å²) in [5.74, 6) is -0.355. The second kappa shape index (κ2) is 14.9. The zero-order chi connectivity index (χ0) is 27.2. The summed E-state index contributed by atoms with van der Waals surface area (Å²) >= 11 is 0. The minimum atomic E-state index is -0.781. The fourth-order valence-corrected chi connectivity index (χ4v) is 4.53. The van der Waals surface area contributed by atoms with Gasteiger partial charge in [-0.3, -0.25) is 0 Å². The van der Waals surface area contributed by atoms with E-state index in [0.29, 0.717) is 25.4 Å². The summed E-state index contributed by atoms with van der Waals surface area (Å²) in [7, 11) is 0. The molecule has 0 saturated heterocycles. The van der Waals surface area contributed by atoms with Crippen molar-refractivity contribution in [2.45, 2.75) is 25.4 Å². The average molecular weight is 524 g/mol. The molecule has 4 rings (SSSR count). The van der Waals surface area contributed by atoms with Gasteiger partial charge in [-0.05, 0) is 47.4 Å². The van der Waals surface area contributed by atoms with Crippen molar-refractivity contribution in [1.82, 2.24) is 0 Å². The van der Waals surface area contributed by atoms with Crippen molar-refractivity contribution in [3.05, 3.63) is 138 Å². The Morgan fingerprint density at radius 3 is 1.69 bits per heavy atom. The lowest BCUT2D eigenvalue weighted by Gasteiger charge is -2.36. The molecule has 1 N–H and O–H groups in total. The van der Waals surface area contributed by atoms with Crippen molar-refractivity contribution in [1.29, 1.82) is 0 Å². The number of nitrogens with one attached hydrogen (secondary N) is 1. The Morgan fingerprint density at radius 2 is 1.18 bits per heavy atom. The quantitative estimate of drug-likeness (QED) is 0.102. The Labute approximate surface area is 231 Å². The molecule has 0 saturated carbocycles. The molecule has 0 bridgehead atoms. The Bertz CT molecular complexity index is 1150. The molecule has 4 aromatic carbocycles. The van der Waals surface area contributed by atoms with E-state index in [2.05, 4.69) is 48.6 Å². The van der Waals surface area contributed by atoms with Crippen LogP contribution in [0.25, 0.3) is 0 Å². The highest BCUT2D eigenvalue weighted by Crippen LogP contribution is 2.40. The zero-order valence-electron chi connectivity index (χ0n) is 22.6. The van der Waals surface area contributed by atoms with Gasteiger partial charge in [0, 0.05) is 12.2 Å². The van der Waals surface area contributed by atoms with E-state index in [1.54, 1.807) is 12.1 Å². The summed E-state index contributed by atoms with van der Waals surface area (Å²) in [4.78, 5) is 12.4. The van der Waals surface area contributed by atoms with E-state index in [9.17, 15) is 4.79 Å². The zero-order valence-corrected chi connectivity index (χ0v) is 22.6. The average Bonchev–Trinajstić information content (AvgIpc) is 3.00. The highest BCUT2D eigenvalue weighted by Gasteiger charge is 2.37. The Balaban J connectivity index is 1.31. The van der Waals surface area contributed by atoms with Crippen LogP contribution in [-0.4, -0.2) is 38.9 Å². The first-order chi connectivity index (χ1) is 19.2. The van der Waals surface area contributed by atoms with E-state index in [0.717, 1.165) is 41.8 Å². The molecule has 0 fully saturated rings. The van der Waals surface area contributed by atoms with Gasteiger partial charge < -0.3 is 19.5 Å². The van der Waals surface area contributed by atoms with E-state index >= 15 is 0 Å². The van der Waals surface area contributed by atoms with Crippen LogP contribution < -0.4 is 5.32 Å². The van der Waals surface area contributed by atoms with Crippen molar-refractivity contribution in [3.63, 3.8) is 0 Å². The summed E-state index contributed by atoms with van der Waals surface area (Å²) < 4.78 is 17.9. The maximum atomic E-state index is 12.4. The molecular formula is C34H37NO4. The van der Waals surface area contributed by atoms with Crippen LogP contribution >= 0.6 is 0 Å². The predicted octanol–water partition coefficient (Wildman–Crippen LogP) is 7.08. The summed E-state index contributed by atoms with van der Waals surface area (Å²) in [6.07, 6.45) is 2.25. The van der Waals surface area contributed by atoms with Crippen LogP contribution in [0.5, 0.6) is 0 Å². The molecule has 5 heteroatoms. The van der Waals surface area contributed by atoms with Crippen molar-refractivity contribution < 1.29 is 19.0 Å². The number of esters is 1. The summed E-state index contributed by atoms with van der Waals surface area (Å²) in [6, 6.07) is 38.1. The normalized spacial score (nSPS) is 11.2. The molecule has 39 heavy (non-hydrogen) atoms. The second-order valence-corrected chi connectivity index (χ2v) is 9.23. The van der Waals surface area contributed by atoms with Gasteiger partial charge >= 0.3 is 5.97 Å². The number of carbonyl (C=O) groups is 1. The van der Waals surface area contributed by atoms with Gasteiger partial charge in [0.1, 0.15) is 12.2 Å². The number of anilines is 1. The molecule has 0 unspecified atom stereocenters. The molecule has 4 aromatic rings. The fraction of sp³-hybridized carbons (Fsp3) is 0.265. The molecule has 5 nitrogen and oxygen atoms in total. The third kappa shape index (κ3) is 7.56. The maximum absolute atomic E-state index is 12.4.